The van der Waals surface area contributed by atoms with Gasteiger partial charge in [0.2, 0.25) is 10.0 Å². The highest BCUT2D eigenvalue weighted by atomic mass is 79.9. The van der Waals surface area contributed by atoms with Gasteiger partial charge in [0.1, 0.15) is 0 Å². The Labute approximate surface area is 140 Å². The number of rotatable bonds is 4. The summed E-state index contributed by atoms with van der Waals surface area (Å²) in [5.41, 5.74) is 0.908. The van der Waals surface area contributed by atoms with Crippen LogP contribution in [-0.2, 0) is 14.8 Å². The van der Waals surface area contributed by atoms with Gasteiger partial charge in [0, 0.05) is 15.0 Å². The lowest BCUT2D eigenvalue weighted by molar-refractivity contribution is -0.141. The van der Waals surface area contributed by atoms with Crippen LogP contribution in [-0.4, -0.2) is 25.5 Å². The van der Waals surface area contributed by atoms with Crippen LogP contribution >= 0.6 is 31.9 Å². The normalized spacial score (nSPS) is 22.4. The predicted molar refractivity (Wildman–Crippen MR) is 85.7 cm³/mol. The number of carbonyl (C=O) groups is 1. The van der Waals surface area contributed by atoms with Gasteiger partial charge in [-0.1, -0.05) is 22.4 Å². The van der Waals surface area contributed by atoms with Gasteiger partial charge in [-0.15, -0.1) is 0 Å². The molecule has 2 unspecified atom stereocenters. The van der Waals surface area contributed by atoms with Gasteiger partial charge in [0.15, 0.2) is 0 Å². The van der Waals surface area contributed by atoms with Crippen molar-refractivity contribution in [2.24, 2.45) is 5.92 Å². The fraction of sp³-hybridized carbons (Fsp3) is 0.462. The highest BCUT2D eigenvalue weighted by molar-refractivity contribution is 9.11. The summed E-state index contributed by atoms with van der Waals surface area (Å²) in [6.45, 7) is 1.86. The van der Waals surface area contributed by atoms with Crippen LogP contribution in [0, 0.1) is 12.8 Å². The maximum Gasteiger partial charge on any atom is 0.308 e. The van der Waals surface area contributed by atoms with Crippen LogP contribution in [0.4, 0.5) is 0 Å². The first-order chi connectivity index (χ1) is 9.72. The summed E-state index contributed by atoms with van der Waals surface area (Å²) in [6.07, 6.45) is 1.76. The van der Waals surface area contributed by atoms with E-state index < -0.39 is 28.0 Å². The molecule has 0 radical (unpaired) electrons. The minimum absolute atomic E-state index is 0.107. The number of aryl methyl sites for hydroxylation is 1. The molecule has 0 bridgehead atoms. The second-order valence-corrected chi connectivity index (χ2v) is 8.53. The Hall–Kier alpha value is -0.440. The molecule has 1 saturated carbocycles. The Balaban J connectivity index is 2.31. The summed E-state index contributed by atoms with van der Waals surface area (Å²) in [6, 6.07) is 2.67. The summed E-state index contributed by atoms with van der Waals surface area (Å²) in [7, 11) is -3.77. The molecule has 1 aliphatic rings. The molecule has 2 atom stereocenters. The molecule has 0 heterocycles. The van der Waals surface area contributed by atoms with Crippen molar-refractivity contribution in [3.8, 4) is 0 Å². The Kier molecular flexibility index (Phi) is 5.12. The van der Waals surface area contributed by atoms with E-state index >= 15 is 0 Å². The number of aliphatic carboxylic acids is 1. The molecule has 21 heavy (non-hydrogen) atoms. The molecule has 2 N–H and O–H groups in total. The maximum atomic E-state index is 12.5. The fourth-order valence-electron chi connectivity index (χ4n) is 2.49. The topological polar surface area (TPSA) is 83.5 Å². The number of hydrogen-bond acceptors (Lipinski definition) is 3. The second-order valence-electron chi connectivity index (χ2n) is 5.14. The standard InChI is InChI=1S/C13H15Br2NO4S/c1-7-5-10(15)12(6-9(7)14)21(19,20)16-11-4-2-3-8(11)13(17)18/h5-6,8,11,16H,2-4H2,1H3,(H,17,18). The van der Waals surface area contributed by atoms with Crippen LogP contribution in [0.3, 0.4) is 0 Å². The van der Waals surface area contributed by atoms with Gasteiger partial charge in [-0.3, -0.25) is 4.79 Å². The zero-order chi connectivity index (χ0) is 15.8. The summed E-state index contributed by atoms with van der Waals surface area (Å²) < 4.78 is 28.6. The first-order valence-electron chi connectivity index (χ1n) is 6.43. The third-order valence-corrected chi connectivity index (χ3v) is 6.95. The molecule has 116 valence electrons. The Bertz CT molecular complexity index is 675. The first-order valence-corrected chi connectivity index (χ1v) is 9.50. The summed E-state index contributed by atoms with van der Waals surface area (Å²) >= 11 is 6.57. The molecule has 2 rings (SSSR count). The second kappa shape index (κ2) is 6.36. The van der Waals surface area contributed by atoms with Gasteiger partial charge in [-0.05, 0) is 53.4 Å². The number of hydrogen-bond donors (Lipinski definition) is 2. The summed E-state index contributed by atoms with van der Waals surface area (Å²) in [4.78, 5) is 11.3. The van der Waals surface area contributed by atoms with Gasteiger partial charge in [-0.2, -0.15) is 0 Å². The highest BCUT2D eigenvalue weighted by Crippen LogP contribution is 2.31. The molecule has 0 saturated heterocycles. The first kappa shape index (κ1) is 16.9. The molecule has 0 aliphatic heterocycles. The number of halogens is 2. The SMILES string of the molecule is Cc1cc(Br)c(S(=O)(=O)NC2CCCC2C(=O)O)cc1Br. The lowest BCUT2D eigenvalue weighted by atomic mass is 10.1. The van der Waals surface area contributed by atoms with Crippen molar-refractivity contribution < 1.29 is 18.3 Å². The van der Waals surface area contributed by atoms with Gasteiger partial charge in [0.25, 0.3) is 0 Å². The molecular weight excluding hydrogens is 426 g/mol. The van der Waals surface area contributed by atoms with Crippen molar-refractivity contribution in [3.63, 3.8) is 0 Å². The quantitative estimate of drug-likeness (QED) is 0.753. The van der Waals surface area contributed by atoms with E-state index in [0.717, 1.165) is 5.56 Å². The van der Waals surface area contributed by atoms with Crippen molar-refractivity contribution >= 4 is 47.9 Å². The predicted octanol–water partition coefficient (Wildman–Crippen LogP) is 3.05. The molecular formula is C13H15Br2NO4S. The maximum absolute atomic E-state index is 12.5. The van der Waals surface area contributed by atoms with Crippen LogP contribution in [0.2, 0.25) is 0 Å². The molecule has 1 fully saturated rings. The Morgan fingerprint density at radius 2 is 1.95 bits per heavy atom. The van der Waals surface area contributed by atoms with Gasteiger partial charge < -0.3 is 5.11 Å². The fourth-order valence-corrected chi connectivity index (χ4v) is 5.48. The number of carboxylic acids is 1. The van der Waals surface area contributed by atoms with E-state index in [1.165, 1.54) is 6.07 Å². The minimum Gasteiger partial charge on any atom is -0.481 e. The van der Waals surface area contributed by atoms with Gasteiger partial charge >= 0.3 is 5.97 Å². The monoisotopic (exact) mass is 439 g/mol. The average Bonchev–Trinajstić information content (AvgIpc) is 2.81. The largest absolute Gasteiger partial charge is 0.481 e. The van der Waals surface area contributed by atoms with Gasteiger partial charge in [0.05, 0.1) is 10.8 Å². The van der Waals surface area contributed by atoms with Crippen LogP contribution in [0.15, 0.2) is 26.0 Å². The zero-order valence-electron chi connectivity index (χ0n) is 11.3. The summed E-state index contributed by atoms with van der Waals surface area (Å²) in [5, 5.41) is 9.13. The van der Waals surface area contributed by atoms with Crippen LogP contribution in [0.25, 0.3) is 0 Å². The molecule has 1 aromatic rings. The molecule has 0 amide bonds. The van der Waals surface area contributed by atoms with Crippen molar-refractivity contribution in [2.75, 3.05) is 0 Å². The Morgan fingerprint density at radius 3 is 2.57 bits per heavy atom. The van der Waals surface area contributed by atoms with E-state index in [2.05, 4.69) is 36.6 Å². The van der Waals surface area contributed by atoms with E-state index in [1.54, 1.807) is 6.07 Å². The zero-order valence-corrected chi connectivity index (χ0v) is 15.3. The van der Waals surface area contributed by atoms with Gasteiger partial charge in [-0.25, -0.2) is 13.1 Å². The van der Waals surface area contributed by atoms with E-state index in [9.17, 15) is 13.2 Å². The number of sulfonamides is 1. The van der Waals surface area contributed by atoms with Crippen molar-refractivity contribution in [1.29, 1.82) is 0 Å². The average molecular weight is 441 g/mol. The van der Waals surface area contributed by atoms with Crippen LogP contribution in [0.5, 0.6) is 0 Å². The number of benzene rings is 1. The molecule has 0 aromatic heterocycles. The molecule has 8 heteroatoms. The highest BCUT2D eigenvalue weighted by Gasteiger charge is 2.36. The number of nitrogens with one attached hydrogen (secondary N) is 1. The van der Waals surface area contributed by atoms with E-state index in [0.29, 0.717) is 28.2 Å². The van der Waals surface area contributed by atoms with Crippen LogP contribution < -0.4 is 4.72 Å². The Morgan fingerprint density at radius 1 is 1.29 bits per heavy atom. The number of carboxylic acid groups (broad SMARTS) is 1. The van der Waals surface area contributed by atoms with E-state index in [4.69, 9.17) is 5.11 Å². The molecule has 1 aliphatic carbocycles. The minimum atomic E-state index is -3.77. The van der Waals surface area contributed by atoms with E-state index in [-0.39, 0.29) is 4.90 Å². The molecule has 5 nitrogen and oxygen atoms in total. The summed E-state index contributed by atoms with van der Waals surface area (Å²) in [5.74, 6) is -1.61. The van der Waals surface area contributed by atoms with Crippen LogP contribution in [0.1, 0.15) is 24.8 Å². The smallest absolute Gasteiger partial charge is 0.308 e. The molecule has 1 aromatic carbocycles. The van der Waals surface area contributed by atoms with Crippen molar-refractivity contribution in [1.82, 2.24) is 4.72 Å². The van der Waals surface area contributed by atoms with Crippen molar-refractivity contribution in [3.05, 3.63) is 26.6 Å². The third-order valence-electron chi connectivity index (χ3n) is 3.64. The van der Waals surface area contributed by atoms with E-state index in [1.807, 2.05) is 6.92 Å². The lowest BCUT2D eigenvalue weighted by Crippen LogP contribution is -2.40. The lowest BCUT2D eigenvalue weighted by Gasteiger charge is -2.18. The van der Waals surface area contributed by atoms with Crippen molar-refractivity contribution in [2.45, 2.75) is 37.1 Å². The molecule has 0 spiro atoms. The third kappa shape index (κ3) is 3.67.